The summed E-state index contributed by atoms with van der Waals surface area (Å²) in [5.74, 6) is -0.399. The van der Waals surface area contributed by atoms with Crippen LogP contribution < -0.4 is 4.74 Å². The molecule has 0 spiro atoms. The van der Waals surface area contributed by atoms with Crippen molar-refractivity contribution in [3.05, 3.63) is 53.6 Å². The molecule has 0 heterocycles. The van der Waals surface area contributed by atoms with Crippen molar-refractivity contribution in [2.45, 2.75) is 18.9 Å². The van der Waals surface area contributed by atoms with Crippen LogP contribution in [0.25, 0.3) is 11.1 Å². The van der Waals surface area contributed by atoms with E-state index in [2.05, 4.69) is 0 Å². The average molecular weight is 303 g/mol. The van der Waals surface area contributed by atoms with Gasteiger partial charge in [-0.05, 0) is 36.1 Å². The van der Waals surface area contributed by atoms with Crippen molar-refractivity contribution in [2.75, 3.05) is 0 Å². The molecule has 1 atom stereocenters. The first kappa shape index (κ1) is 14.0. The molecule has 1 fully saturated rings. The molecule has 0 bridgehead atoms. The molecule has 1 aliphatic rings. The largest absolute Gasteiger partial charge is 0.478 e. The van der Waals surface area contributed by atoms with E-state index in [-0.39, 0.29) is 5.92 Å². The van der Waals surface area contributed by atoms with Crippen LogP contribution in [0.5, 0.6) is 5.75 Å². The van der Waals surface area contributed by atoms with Gasteiger partial charge in [-0.2, -0.15) is 0 Å². The number of rotatable bonds is 5. The zero-order chi connectivity index (χ0) is 14.8. The number of hydrogen-bond donors (Lipinski definition) is 1. The van der Waals surface area contributed by atoms with Crippen molar-refractivity contribution in [1.82, 2.24) is 0 Å². The van der Waals surface area contributed by atoms with Crippen molar-refractivity contribution in [2.24, 2.45) is 5.92 Å². The molecule has 0 aliphatic heterocycles. The lowest BCUT2D eigenvalue weighted by molar-refractivity contribution is -0.146. The lowest BCUT2D eigenvalue weighted by atomic mass is 10.1. The number of halogens is 1. The molecule has 3 nitrogen and oxygen atoms in total. The summed E-state index contributed by atoms with van der Waals surface area (Å²) in [6, 6.07) is 15.3. The summed E-state index contributed by atoms with van der Waals surface area (Å²) >= 11 is 6.24. The first-order valence-corrected chi connectivity index (χ1v) is 7.27. The second kappa shape index (κ2) is 5.78. The third-order valence-electron chi connectivity index (χ3n) is 3.59. The Kier molecular flexibility index (Phi) is 3.84. The standard InChI is InChI=1S/C17H15ClO3/c18-14-10-13(11-4-2-1-3-5-11)8-9-15(14)21-16(17(19)20)12-6-7-12/h1-5,8-10,12,16H,6-7H2,(H,19,20). The molecule has 1 N–H and O–H groups in total. The van der Waals surface area contributed by atoms with E-state index in [4.69, 9.17) is 16.3 Å². The van der Waals surface area contributed by atoms with Gasteiger partial charge in [0.05, 0.1) is 5.02 Å². The highest BCUT2D eigenvalue weighted by molar-refractivity contribution is 6.32. The van der Waals surface area contributed by atoms with Gasteiger partial charge in [0, 0.05) is 5.92 Å². The second-order valence-electron chi connectivity index (χ2n) is 5.23. The Morgan fingerprint density at radius 2 is 1.86 bits per heavy atom. The second-order valence-corrected chi connectivity index (χ2v) is 5.63. The number of ether oxygens (including phenoxy) is 1. The van der Waals surface area contributed by atoms with Crippen LogP contribution in [0.4, 0.5) is 0 Å². The van der Waals surface area contributed by atoms with Gasteiger partial charge in [0.2, 0.25) is 0 Å². The van der Waals surface area contributed by atoms with Gasteiger partial charge in [-0.3, -0.25) is 0 Å². The van der Waals surface area contributed by atoms with Crippen LogP contribution in [0.1, 0.15) is 12.8 Å². The van der Waals surface area contributed by atoms with Gasteiger partial charge < -0.3 is 9.84 Å². The summed E-state index contributed by atoms with van der Waals surface area (Å²) in [7, 11) is 0. The molecule has 21 heavy (non-hydrogen) atoms. The van der Waals surface area contributed by atoms with E-state index >= 15 is 0 Å². The fourth-order valence-electron chi connectivity index (χ4n) is 2.29. The SMILES string of the molecule is O=C(O)C(Oc1ccc(-c2ccccc2)cc1Cl)C1CC1. The highest BCUT2D eigenvalue weighted by atomic mass is 35.5. The maximum Gasteiger partial charge on any atom is 0.345 e. The van der Waals surface area contributed by atoms with E-state index in [0.29, 0.717) is 10.8 Å². The Morgan fingerprint density at radius 3 is 2.43 bits per heavy atom. The molecule has 1 saturated carbocycles. The quantitative estimate of drug-likeness (QED) is 0.898. The number of benzene rings is 2. The predicted molar refractivity (Wildman–Crippen MR) is 81.7 cm³/mol. The first-order valence-electron chi connectivity index (χ1n) is 6.89. The Labute approximate surface area is 128 Å². The zero-order valence-corrected chi connectivity index (χ0v) is 12.1. The highest BCUT2D eigenvalue weighted by Gasteiger charge is 2.38. The zero-order valence-electron chi connectivity index (χ0n) is 11.3. The minimum atomic E-state index is -0.930. The van der Waals surface area contributed by atoms with Crippen molar-refractivity contribution in [1.29, 1.82) is 0 Å². The topological polar surface area (TPSA) is 46.5 Å². The van der Waals surface area contributed by atoms with Crippen LogP contribution in [0, 0.1) is 5.92 Å². The van der Waals surface area contributed by atoms with Crippen LogP contribution >= 0.6 is 11.6 Å². The van der Waals surface area contributed by atoms with Crippen LogP contribution in [0.3, 0.4) is 0 Å². The van der Waals surface area contributed by atoms with E-state index in [1.54, 1.807) is 12.1 Å². The minimum Gasteiger partial charge on any atom is -0.478 e. The molecule has 2 aromatic rings. The normalized spacial score (nSPS) is 15.5. The lowest BCUT2D eigenvalue weighted by Crippen LogP contribution is -2.29. The molecule has 3 rings (SSSR count). The summed E-state index contributed by atoms with van der Waals surface area (Å²) in [5, 5.41) is 9.63. The van der Waals surface area contributed by atoms with Gasteiger partial charge in [-0.25, -0.2) is 4.79 Å². The lowest BCUT2D eigenvalue weighted by Gasteiger charge is -2.16. The van der Waals surface area contributed by atoms with Crippen LogP contribution in [-0.2, 0) is 4.79 Å². The van der Waals surface area contributed by atoms with E-state index in [1.165, 1.54) is 0 Å². The molecule has 1 aliphatic carbocycles. The minimum absolute atomic E-state index is 0.104. The fraction of sp³-hybridized carbons (Fsp3) is 0.235. The summed E-state index contributed by atoms with van der Waals surface area (Å²) in [4.78, 5) is 11.2. The number of carbonyl (C=O) groups is 1. The van der Waals surface area contributed by atoms with Crippen molar-refractivity contribution < 1.29 is 14.6 Å². The first-order chi connectivity index (χ1) is 10.1. The average Bonchev–Trinajstić information content (AvgIpc) is 3.31. The monoisotopic (exact) mass is 302 g/mol. The van der Waals surface area contributed by atoms with Gasteiger partial charge in [-0.1, -0.05) is 48.0 Å². The van der Waals surface area contributed by atoms with E-state index in [1.807, 2.05) is 36.4 Å². The van der Waals surface area contributed by atoms with Gasteiger partial charge >= 0.3 is 5.97 Å². The molecule has 0 amide bonds. The molecule has 4 heteroatoms. The fourth-order valence-corrected chi connectivity index (χ4v) is 2.52. The highest BCUT2D eigenvalue weighted by Crippen LogP contribution is 2.37. The molecule has 108 valence electrons. The summed E-state index contributed by atoms with van der Waals surface area (Å²) in [6.07, 6.45) is 0.998. The third-order valence-corrected chi connectivity index (χ3v) is 3.88. The number of carboxylic acid groups (broad SMARTS) is 1. The maximum atomic E-state index is 11.2. The molecular weight excluding hydrogens is 288 g/mol. The summed E-state index contributed by atoms with van der Waals surface area (Å²) in [5.41, 5.74) is 2.04. The molecular formula is C17H15ClO3. The van der Waals surface area contributed by atoms with Gasteiger partial charge in [0.15, 0.2) is 6.10 Å². The summed E-state index contributed by atoms with van der Waals surface area (Å²) in [6.45, 7) is 0. The Balaban J connectivity index is 1.83. The molecule has 1 unspecified atom stereocenters. The Bertz CT molecular complexity index is 650. The van der Waals surface area contributed by atoms with Crippen LogP contribution in [0.2, 0.25) is 5.02 Å². The van der Waals surface area contributed by atoms with E-state index in [0.717, 1.165) is 24.0 Å². The van der Waals surface area contributed by atoms with Crippen LogP contribution in [0.15, 0.2) is 48.5 Å². The summed E-state index contributed by atoms with van der Waals surface area (Å²) < 4.78 is 5.59. The van der Waals surface area contributed by atoms with E-state index < -0.39 is 12.1 Å². The van der Waals surface area contributed by atoms with E-state index in [9.17, 15) is 9.90 Å². The van der Waals surface area contributed by atoms with Crippen molar-refractivity contribution in [3.8, 4) is 16.9 Å². The number of hydrogen-bond acceptors (Lipinski definition) is 2. The number of carboxylic acids is 1. The van der Waals surface area contributed by atoms with Crippen molar-refractivity contribution in [3.63, 3.8) is 0 Å². The Hall–Kier alpha value is -2.00. The smallest absolute Gasteiger partial charge is 0.345 e. The Morgan fingerprint density at radius 1 is 1.14 bits per heavy atom. The van der Waals surface area contributed by atoms with Gasteiger partial charge in [0.25, 0.3) is 0 Å². The third kappa shape index (κ3) is 3.19. The number of aliphatic carboxylic acids is 1. The van der Waals surface area contributed by atoms with Crippen molar-refractivity contribution >= 4 is 17.6 Å². The van der Waals surface area contributed by atoms with Gasteiger partial charge in [0.1, 0.15) is 5.75 Å². The predicted octanol–water partition coefficient (Wildman–Crippen LogP) is 4.25. The van der Waals surface area contributed by atoms with Crippen LogP contribution in [-0.4, -0.2) is 17.2 Å². The molecule has 0 radical (unpaired) electrons. The maximum absolute atomic E-state index is 11.2. The van der Waals surface area contributed by atoms with Gasteiger partial charge in [-0.15, -0.1) is 0 Å². The molecule has 0 saturated heterocycles. The molecule has 0 aromatic heterocycles. The molecule has 2 aromatic carbocycles.